The van der Waals surface area contributed by atoms with E-state index in [0.717, 1.165) is 0 Å². The van der Waals surface area contributed by atoms with Gasteiger partial charge < -0.3 is 5.11 Å². The lowest BCUT2D eigenvalue weighted by molar-refractivity contribution is -0.444. The van der Waals surface area contributed by atoms with Gasteiger partial charge in [0, 0.05) is 0 Å². The zero-order valence-corrected chi connectivity index (χ0v) is 12.8. The molecular formula is C12H13F13O. The van der Waals surface area contributed by atoms with Crippen LogP contribution in [0, 0.1) is 0 Å². The SMILES string of the molecule is CCCCCC(O)C(F)(F)C(F)(F)C(F)(F)C(F)(F)C(F)(F)C(F)(F)F. The molecule has 0 bridgehead atoms. The molecule has 0 aromatic rings. The van der Waals surface area contributed by atoms with Gasteiger partial charge in [-0.25, -0.2) is 0 Å². The fraction of sp³-hybridized carbons (Fsp3) is 1.00. The average Bonchev–Trinajstić information content (AvgIpc) is 2.45. The summed E-state index contributed by atoms with van der Waals surface area (Å²) >= 11 is 0. The molecule has 0 aromatic carbocycles. The van der Waals surface area contributed by atoms with Gasteiger partial charge in [-0.3, -0.25) is 0 Å². The van der Waals surface area contributed by atoms with Crippen LogP contribution < -0.4 is 0 Å². The van der Waals surface area contributed by atoms with Crippen LogP contribution in [-0.4, -0.2) is 47.0 Å². The van der Waals surface area contributed by atoms with E-state index in [0.29, 0.717) is 0 Å². The third-order valence-corrected chi connectivity index (χ3v) is 3.46. The normalized spacial score (nSPS) is 16.7. The summed E-state index contributed by atoms with van der Waals surface area (Å²) in [7, 11) is 0. The fourth-order valence-corrected chi connectivity index (χ4v) is 1.76. The Morgan fingerprint density at radius 3 is 1.35 bits per heavy atom. The molecule has 0 saturated carbocycles. The molecule has 0 fully saturated rings. The van der Waals surface area contributed by atoms with Crippen molar-refractivity contribution in [1.29, 1.82) is 0 Å². The lowest BCUT2D eigenvalue weighted by atomic mass is 9.90. The third kappa shape index (κ3) is 3.70. The van der Waals surface area contributed by atoms with Crippen LogP contribution >= 0.6 is 0 Å². The van der Waals surface area contributed by atoms with Gasteiger partial charge in [-0.1, -0.05) is 26.2 Å². The number of rotatable bonds is 9. The Kier molecular flexibility index (Phi) is 6.96. The Hall–Kier alpha value is -0.950. The molecule has 0 amide bonds. The second-order valence-corrected chi connectivity index (χ2v) is 5.43. The highest BCUT2D eigenvalue weighted by Crippen LogP contribution is 2.60. The number of hydrogen-bond donors (Lipinski definition) is 1. The molecule has 1 N–H and O–H groups in total. The molecule has 1 nitrogen and oxygen atoms in total. The van der Waals surface area contributed by atoms with Gasteiger partial charge in [0.1, 0.15) is 6.10 Å². The molecule has 0 spiro atoms. The summed E-state index contributed by atoms with van der Waals surface area (Å²) in [6, 6.07) is 0. The summed E-state index contributed by atoms with van der Waals surface area (Å²) in [5.74, 6) is -37.4. The van der Waals surface area contributed by atoms with Crippen molar-refractivity contribution in [3.8, 4) is 0 Å². The summed E-state index contributed by atoms with van der Waals surface area (Å²) in [6.45, 7) is 1.48. The van der Waals surface area contributed by atoms with E-state index in [4.69, 9.17) is 5.11 Å². The Morgan fingerprint density at radius 2 is 1.00 bits per heavy atom. The van der Waals surface area contributed by atoms with Gasteiger partial charge in [-0.15, -0.1) is 0 Å². The first-order chi connectivity index (χ1) is 11.2. The highest BCUT2D eigenvalue weighted by molar-refractivity contribution is 5.11. The monoisotopic (exact) mass is 420 g/mol. The molecule has 0 aromatic heterocycles. The average molecular weight is 420 g/mol. The van der Waals surface area contributed by atoms with Gasteiger partial charge in [0.25, 0.3) is 0 Å². The quantitative estimate of drug-likeness (QED) is 0.377. The lowest BCUT2D eigenvalue weighted by Gasteiger charge is -2.40. The van der Waals surface area contributed by atoms with Crippen molar-refractivity contribution in [2.45, 2.75) is 74.5 Å². The van der Waals surface area contributed by atoms with E-state index >= 15 is 0 Å². The summed E-state index contributed by atoms with van der Waals surface area (Å²) in [6.07, 6.45) is -12.6. The summed E-state index contributed by atoms with van der Waals surface area (Å²) < 4.78 is 166. The number of hydrogen-bond acceptors (Lipinski definition) is 1. The van der Waals surface area contributed by atoms with Gasteiger partial charge in [0.2, 0.25) is 0 Å². The zero-order chi connectivity index (χ0) is 21.4. The van der Waals surface area contributed by atoms with Crippen molar-refractivity contribution in [3.05, 3.63) is 0 Å². The Morgan fingerprint density at radius 1 is 0.615 bits per heavy atom. The predicted octanol–water partition coefficient (Wildman–Crippen LogP) is 5.67. The van der Waals surface area contributed by atoms with Crippen LogP contribution in [0.5, 0.6) is 0 Å². The van der Waals surface area contributed by atoms with E-state index in [1.807, 2.05) is 0 Å². The second kappa shape index (κ2) is 7.23. The fourth-order valence-electron chi connectivity index (χ4n) is 1.76. The number of unbranched alkanes of at least 4 members (excludes halogenated alkanes) is 2. The molecule has 1 atom stereocenters. The summed E-state index contributed by atoms with van der Waals surface area (Å²) in [5.41, 5.74) is 0. The van der Waals surface area contributed by atoms with E-state index in [1.165, 1.54) is 6.92 Å². The van der Waals surface area contributed by atoms with E-state index in [9.17, 15) is 57.1 Å². The van der Waals surface area contributed by atoms with Crippen LogP contribution in [0.4, 0.5) is 57.1 Å². The number of aliphatic hydroxyl groups is 1. The molecule has 26 heavy (non-hydrogen) atoms. The smallest absolute Gasteiger partial charge is 0.387 e. The third-order valence-electron chi connectivity index (χ3n) is 3.46. The summed E-state index contributed by atoms with van der Waals surface area (Å²) in [4.78, 5) is 0. The molecule has 1 unspecified atom stereocenters. The van der Waals surface area contributed by atoms with Crippen molar-refractivity contribution < 1.29 is 62.2 Å². The van der Waals surface area contributed by atoms with Gasteiger partial charge in [0.15, 0.2) is 0 Å². The maximum atomic E-state index is 13.4. The van der Waals surface area contributed by atoms with E-state index < -0.39 is 54.7 Å². The molecular weight excluding hydrogens is 407 g/mol. The first-order valence-corrected chi connectivity index (χ1v) is 6.87. The van der Waals surface area contributed by atoms with Crippen LogP contribution in [0.15, 0.2) is 0 Å². The molecule has 0 aliphatic heterocycles. The molecule has 0 radical (unpaired) electrons. The molecule has 14 heteroatoms. The molecule has 0 rings (SSSR count). The molecule has 158 valence electrons. The van der Waals surface area contributed by atoms with Gasteiger partial charge in [-0.2, -0.15) is 57.1 Å². The maximum absolute atomic E-state index is 13.4. The summed E-state index contributed by atoms with van der Waals surface area (Å²) in [5, 5.41) is 8.91. The number of aliphatic hydroxyl groups excluding tert-OH is 1. The van der Waals surface area contributed by atoms with E-state index in [2.05, 4.69) is 0 Å². The first-order valence-electron chi connectivity index (χ1n) is 6.87. The molecule has 0 aliphatic rings. The van der Waals surface area contributed by atoms with Crippen molar-refractivity contribution in [2.24, 2.45) is 0 Å². The van der Waals surface area contributed by atoms with Crippen LogP contribution in [0.25, 0.3) is 0 Å². The van der Waals surface area contributed by atoms with E-state index in [1.54, 1.807) is 0 Å². The molecule has 0 saturated heterocycles. The van der Waals surface area contributed by atoms with E-state index in [-0.39, 0.29) is 12.8 Å². The first kappa shape index (κ1) is 25.1. The topological polar surface area (TPSA) is 20.2 Å². The maximum Gasteiger partial charge on any atom is 0.460 e. The van der Waals surface area contributed by atoms with Crippen LogP contribution in [0.3, 0.4) is 0 Å². The van der Waals surface area contributed by atoms with Crippen molar-refractivity contribution in [1.82, 2.24) is 0 Å². The second-order valence-electron chi connectivity index (χ2n) is 5.43. The van der Waals surface area contributed by atoms with Gasteiger partial charge in [-0.05, 0) is 6.42 Å². The standard InChI is InChI=1S/C12H13F13O/c1-2-3-4-5-6(26)7(13,14)8(15,16)9(17,18)10(19,20)11(21,22)12(23,24)25/h6,26H,2-5H2,1H3. The van der Waals surface area contributed by atoms with Crippen molar-refractivity contribution in [2.75, 3.05) is 0 Å². The van der Waals surface area contributed by atoms with Crippen LogP contribution in [0.1, 0.15) is 32.6 Å². The number of halogens is 13. The van der Waals surface area contributed by atoms with Crippen molar-refractivity contribution >= 4 is 0 Å². The minimum atomic E-state index is -7.94. The minimum Gasteiger partial charge on any atom is -0.387 e. The molecule has 0 aliphatic carbocycles. The zero-order valence-electron chi connectivity index (χ0n) is 12.8. The number of alkyl halides is 13. The Bertz CT molecular complexity index is 468. The highest BCUT2D eigenvalue weighted by Gasteiger charge is 2.91. The predicted molar refractivity (Wildman–Crippen MR) is 60.9 cm³/mol. The van der Waals surface area contributed by atoms with Crippen molar-refractivity contribution in [3.63, 3.8) is 0 Å². The molecule has 0 heterocycles. The largest absolute Gasteiger partial charge is 0.460 e. The highest BCUT2D eigenvalue weighted by atomic mass is 19.4. The lowest BCUT2D eigenvalue weighted by Crippen LogP contribution is -2.71. The minimum absolute atomic E-state index is 0.0252. The Balaban J connectivity index is 6.00. The van der Waals surface area contributed by atoms with Gasteiger partial charge >= 0.3 is 35.8 Å². The van der Waals surface area contributed by atoms with Crippen LogP contribution in [0.2, 0.25) is 0 Å². The van der Waals surface area contributed by atoms with Crippen LogP contribution in [-0.2, 0) is 0 Å². The Labute approximate surface area is 138 Å². The van der Waals surface area contributed by atoms with Gasteiger partial charge in [0.05, 0.1) is 0 Å².